The summed E-state index contributed by atoms with van der Waals surface area (Å²) in [5.74, 6) is -0.0754. The predicted octanol–water partition coefficient (Wildman–Crippen LogP) is 4.79. The molecule has 0 saturated carbocycles. The number of ether oxygens (including phenoxy) is 3. The van der Waals surface area contributed by atoms with Gasteiger partial charge in [0.2, 0.25) is 0 Å². The van der Waals surface area contributed by atoms with Crippen LogP contribution in [0.2, 0.25) is 0 Å². The van der Waals surface area contributed by atoms with Gasteiger partial charge in [-0.15, -0.1) is 0 Å². The molecule has 1 aromatic heterocycles. The minimum Gasteiger partial charge on any atom is -0.481 e. The van der Waals surface area contributed by atoms with Crippen molar-refractivity contribution in [2.45, 2.75) is 53.2 Å². The molecule has 0 spiro atoms. The largest absolute Gasteiger partial charge is 0.481 e. The van der Waals surface area contributed by atoms with Crippen LogP contribution in [0.5, 0.6) is 5.75 Å². The molecule has 0 amide bonds. The van der Waals surface area contributed by atoms with Gasteiger partial charge < -0.3 is 18.6 Å². The molecule has 2 rings (SSSR count). The number of furan rings is 1. The third-order valence-electron chi connectivity index (χ3n) is 3.23. The highest BCUT2D eigenvalue weighted by atomic mass is 79.9. The van der Waals surface area contributed by atoms with Gasteiger partial charge in [0.1, 0.15) is 28.3 Å². The van der Waals surface area contributed by atoms with Crippen molar-refractivity contribution in [3.8, 4) is 5.75 Å². The smallest absolute Gasteiger partial charge is 0.344 e. The first kappa shape index (κ1) is 20.3. The van der Waals surface area contributed by atoms with Crippen LogP contribution >= 0.6 is 15.9 Å². The van der Waals surface area contributed by atoms with Gasteiger partial charge in [-0.25, -0.2) is 9.59 Å². The molecule has 142 valence electrons. The fourth-order valence-electron chi connectivity index (χ4n) is 2.37. The summed E-state index contributed by atoms with van der Waals surface area (Å²) in [6.45, 7) is 10.4. The number of rotatable bonds is 5. The Morgan fingerprint density at radius 1 is 1.23 bits per heavy atom. The number of carbonyl (C=O) groups excluding carboxylic acids is 2. The van der Waals surface area contributed by atoms with Gasteiger partial charge in [-0.05, 0) is 69.6 Å². The fraction of sp³-hybridized carbons (Fsp3) is 0.474. The number of hydrogen-bond acceptors (Lipinski definition) is 6. The SMILES string of the molecule is Cc1oc2cc(Br)c(OCC(=O)OC(C)(C)C)cc2c1C(=O)OC(C)C. The Bertz CT molecular complexity index is 829. The van der Waals surface area contributed by atoms with Gasteiger partial charge in [0.15, 0.2) is 6.61 Å². The van der Waals surface area contributed by atoms with Gasteiger partial charge in [0.25, 0.3) is 0 Å². The average molecular weight is 427 g/mol. The number of benzene rings is 1. The highest BCUT2D eigenvalue weighted by Crippen LogP contribution is 2.35. The molecule has 0 aliphatic rings. The second-order valence-electron chi connectivity index (χ2n) is 7.14. The number of esters is 2. The molecule has 0 atom stereocenters. The van der Waals surface area contributed by atoms with Crippen molar-refractivity contribution in [3.05, 3.63) is 27.9 Å². The summed E-state index contributed by atoms with van der Waals surface area (Å²) in [5.41, 5.74) is 0.287. The van der Waals surface area contributed by atoms with Gasteiger partial charge >= 0.3 is 11.9 Å². The quantitative estimate of drug-likeness (QED) is 0.639. The van der Waals surface area contributed by atoms with E-state index in [2.05, 4.69) is 15.9 Å². The molecule has 0 aliphatic carbocycles. The standard InChI is InChI=1S/C19H23BrO6/c1-10(2)24-18(22)17-11(3)25-14-8-13(20)15(7-12(14)17)23-9-16(21)26-19(4,5)6/h7-8,10H,9H2,1-6H3. The molecular weight excluding hydrogens is 404 g/mol. The molecule has 7 heteroatoms. The van der Waals surface area contributed by atoms with Crippen molar-refractivity contribution in [1.29, 1.82) is 0 Å². The van der Waals surface area contributed by atoms with Crippen molar-refractivity contribution in [2.75, 3.05) is 6.61 Å². The van der Waals surface area contributed by atoms with Crippen LogP contribution in [-0.2, 0) is 14.3 Å². The zero-order valence-corrected chi connectivity index (χ0v) is 17.4. The molecule has 0 aliphatic heterocycles. The first-order chi connectivity index (χ1) is 12.0. The van der Waals surface area contributed by atoms with Gasteiger partial charge in [-0.3, -0.25) is 0 Å². The van der Waals surface area contributed by atoms with Crippen LogP contribution in [0.15, 0.2) is 21.0 Å². The van der Waals surface area contributed by atoms with E-state index in [1.54, 1.807) is 53.7 Å². The number of aryl methyl sites for hydroxylation is 1. The van der Waals surface area contributed by atoms with Crippen LogP contribution in [0.4, 0.5) is 0 Å². The number of halogens is 1. The zero-order chi connectivity index (χ0) is 19.6. The third kappa shape index (κ3) is 5.00. The van der Waals surface area contributed by atoms with E-state index in [1.165, 1.54) is 0 Å². The highest BCUT2D eigenvalue weighted by Gasteiger charge is 2.23. The van der Waals surface area contributed by atoms with Crippen LogP contribution in [0.25, 0.3) is 11.0 Å². The molecule has 1 aromatic carbocycles. The van der Waals surface area contributed by atoms with Gasteiger partial charge in [-0.2, -0.15) is 0 Å². The molecule has 0 saturated heterocycles. The Labute approximate surface area is 160 Å². The summed E-state index contributed by atoms with van der Waals surface area (Å²) in [5, 5.41) is 0.565. The lowest BCUT2D eigenvalue weighted by molar-refractivity contribution is -0.157. The second-order valence-corrected chi connectivity index (χ2v) is 8.00. The van der Waals surface area contributed by atoms with E-state index in [1.807, 2.05) is 0 Å². The number of hydrogen-bond donors (Lipinski definition) is 0. The lowest BCUT2D eigenvalue weighted by Crippen LogP contribution is -2.27. The van der Waals surface area contributed by atoms with E-state index in [9.17, 15) is 9.59 Å². The molecule has 0 fully saturated rings. The van der Waals surface area contributed by atoms with Gasteiger partial charge in [0, 0.05) is 5.39 Å². The summed E-state index contributed by atoms with van der Waals surface area (Å²) < 4.78 is 22.3. The van der Waals surface area contributed by atoms with E-state index >= 15 is 0 Å². The van der Waals surface area contributed by atoms with Crippen LogP contribution < -0.4 is 4.74 Å². The van der Waals surface area contributed by atoms with Crippen molar-refractivity contribution < 1.29 is 28.2 Å². The van der Waals surface area contributed by atoms with Crippen molar-refractivity contribution in [2.24, 2.45) is 0 Å². The van der Waals surface area contributed by atoms with Crippen LogP contribution in [0, 0.1) is 6.92 Å². The monoisotopic (exact) mass is 426 g/mol. The highest BCUT2D eigenvalue weighted by molar-refractivity contribution is 9.10. The molecule has 2 aromatic rings. The molecule has 1 heterocycles. The van der Waals surface area contributed by atoms with Crippen molar-refractivity contribution in [1.82, 2.24) is 0 Å². The van der Waals surface area contributed by atoms with E-state index < -0.39 is 17.5 Å². The Hall–Kier alpha value is -2.02. The molecule has 0 N–H and O–H groups in total. The Morgan fingerprint density at radius 3 is 2.46 bits per heavy atom. The van der Waals surface area contributed by atoms with E-state index in [0.29, 0.717) is 32.5 Å². The van der Waals surface area contributed by atoms with Crippen LogP contribution in [0.1, 0.15) is 50.7 Å². The Kier molecular flexibility index (Phi) is 6.01. The van der Waals surface area contributed by atoms with Gasteiger partial charge in [0.05, 0.1) is 10.6 Å². The Balaban J connectivity index is 2.30. The summed E-state index contributed by atoms with van der Waals surface area (Å²) in [7, 11) is 0. The third-order valence-corrected chi connectivity index (χ3v) is 3.85. The molecule has 0 bridgehead atoms. The lowest BCUT2D eigenvalue weighted by Gasteiger charge is -2.19. The predicted molar refractivity (Wildman–Crippen MR) is 101 cm³/mol. The summed E-state index contributed by atoms with van der Waals surface area (Å²) in [4.78, 5) is 24.2. The van der Waals surface area contributed by atoms with Crippen LogP contribution in [-0.4, -0.2) is 30.3 Å². The molecular formula is C19H23BrO6. The molecule has 0 unspecified atom stereocenters. The zero-order valence-electron chi connectivity index (χ0n) is 15.8. The van der Waals surface area contributed by atoms with Crippen LogP contribution in [0.3, 0.4) is 0 Å². The van der Waals surface area contributed by atoms with Crippen molar-refractivity contribution in [3.63, 3.8) is 0 Å². The molecule has 6 nitrogen and oxygen atoms in total. The lowest BCUT2D eigenvalue weighted by atomic mass is 10.1. The maximum absolute atomic E-state index is 12.4. The summed E-state index contributed by atoms with van der Waals surface area (Å²) >= 11 is 3.39. The minimum atomic E-state index is -0.586. The van der Waals surface area contributed by atoms with Crippen molar-refractivity contribution >= 4 is 38.8 Å². The maximum Gasteiger partial charge on any atom is 0.344 e. The average Bonchev–Trinajstić information content (AvgIpc) is 2.77. The second kappa shape index (κ2) is 7.70. The fourth-order valence-corrected chi connectivity index (χ4v) is 2.80. The first-order valence-electron chi connectivity index (χ1n) is 8.26. The Morgan fingerprint density at radius 2 is 1.88 bits per heavy atom. The maximum atomic E-state index is 12.4. The van der Waals surface area contributed by atoms with E-state index in [4.69, 9.17) is 18.6 Å². The summed E-state index contributed by atoms with van der Waals surface area (Å²) in [6, 6.07) is 3.34. The van der Waals surface area contributed by atoms with E-state index in [-0.39, 0.29) is 12.7 Å². The minimum absolute atomic E-state index is 0.245. The molecule has 0 radical (unpaired) electrons. The van der Waals surface area contributed by atoms with E-state index in [0.717, 1.165) is 0 Å². The number of carbonyl (C=O) groups is 2. The summed E-state index contributed by atoms with van der Waals surface area (Å²) in [6.07, 6.45) is -0.245. The topological polar surface area (TPSA) is 75.0 Å². The normalized spacial score (nSPS) is 11.7. The first-order valence-corrected chi connectivity index (χ1v) is 9.05. The van der Waals surface area contributed by atoms with Gasteiger partial charge in [-0.1, -0.05) is 0 Å². The number of fused-ring (bicyclic) bond motifs is 1. The molecule has 26 heavy (non-hydrogen) atoms.